The second kappa shape index (κ2) is 6.91. The maximum Gasteiger partial charge on any atom is 0.227 e. The third-order valence-corrected chi connectivity index (χ3v) is 3.10. The van der Waals surface area contributed by atoms with Gasteiger partial charge >= 0.3 is 0 Å². The molecule has 1 unspecified atom stereocenters. The van der Waals surface area contributed by atoms with Crippen molar-refractivity contribution < 1.29 is 14.0 Å². The van der Waals surface area contributed by atoms with Crippen LogP contribution in [0, 0.1) is 0 Å². The van der Waals surface area contributed by atoms with Crippen LogP contribution >= 0.6 is 0 Å². The maximum absolute atomic E-state index is 5.30. The van der Waals surface area contributed by atoms with E-state index in [2.05, 4.69) is 22.4 Å². The van der Waals surface area contributed by atoms with E-state index >= 15 is 0 Å². The third-order valence-electron chi connectivity index (χ3n) is 3.10. The second-order valence-corrected chi connectivity index (χ2v) is 4.38. The largest absolute Gasteiger partial charge is 0.493 e. The number of nitrogens with zero attached hydrogens (tertiary/aromatic N) is 2. The third kappa shape index (κ3) is 3.48. The molecule has 0 aliphatic rings. The molecule has 2 rings (SSSR count). The molecule has 1 aromatic carbocycles. The number of hydrogen-bond donors (Lipinski definition) is 1. The molecule has 0 amide bonds. The lowest BCUT2D eigenvalue weighted by Crippen LogP contribution is -2.21. The lowest BCUT2D eigenvalue weighted by Gasteiger charge is -2.16. The molecule has 1 atom stereocenters. The molecule has 0 aliphatic carbocycles. The van der Waals surface area contributed by atoms with Crippen LogP contribution in [0.1, 0.15) is 24.4 Å². The van der Waals surface area contributed by atoms with Crippen LogP contribution in [0.3, 0.4) is 0 Å². The summed E-state index contributed by atoms with van der Waals surface area (Å²) in [6, 6.07) is 6.09. The topological polar surface area (TPSA) is 69.4 Å². The standard InChI is InChI=1S/C14H19N3O3/c1-10(15-7-6-14-16-9-17-20-14)11-4-5-12(18-2)13(8-11)19-3/h4-5,8-10,15H,6-7H2,1-3H3. The minimum Gasteiger partial charge on any atom is -0.493 e. The highest BCUT2D eigenvalue weighted by atomic mass is 16.5. The highest BCUT2D eigenvalue weighted by Crippen LogP contribution is 2.29. The molecular formula is C14H19N3O3. The van der Waals surface area contributed by atoms with E-state index in [9.17, 15) is 0 Å². The van der Waals surface area contributed by atoms with Gasteiger partial charge in [0.2, 0.25) is 5.89 Å². The Bertz CT molecular complexity index is 528. The number of hydrogen-bond acceptors (Lipinski definition) is 6. The quantitative estimate of drug-likeness (QED) is 0.834. The van der Waals surface area contributed by atoms with Crippen molar-refractivity contribution in [2.24, 2.45) is 0 Å². The molecule has 1 N–H and O–H groups in total. The molecule has 0 spiro atoms. The van der Waals surface area contributed by atoms with Crippen LogP contribution < -0.4 is 14.8 Å². The van der Waals surface area contributed by atoms with Gasteiger partial charge in [0, 0.05) is 19.0 Å². The average molecular weight is 277 g/mol. The molecule has 6 nitrogen and oxygen atoms in total. The molecule has 1 heterocycles. The van der Waals surface area contributed by atoms with Crippen LogP contribution in [-0.2, 0) is 6.42 Å². The lowest BCUT2D eigenvalue weighted by molar-refractivity contribution is 0.353. The zero-order valence-corrected chi connectivity index (χ0v) is 11.9. The van der Waals surface area contributed by atoms with Crippen molar-refractivity contribution >= 4 is 0 Å². The zero-order valence-electron chi connectivity index (χ0n) is 11.9. The normalized spacial score (nSPS) is 12.2. The van der Waals surface area contributed by atoms with Crippen molar-refractivity contribution in [2.75, 3.05) is 20.8 Å². The fraction of sp³-hybridized carbons (Fsp3) is 0.429. The Morgan fingerprint density at radius 2 is 2.05 bits per heavy atom. The molecule has 0 saturated carbocycles. The van der Waals surface area contributed by atoms with Gasteiger partial charge in [0.1, 0.15) is 0 Å². The summed E-state index contributed by atoms with van der Waals surface area (Å²) in [5.74, 6) is 2.10. The number of benzene rings is 1. The van der Waals surface area contributed by atoms with E-state index in [4.69, 9.17) is 14.0 Å². The molecular weight excluding hydrogens is 258 g/mol. The molecule has 20 heavy (non-hydrogen) atoms. The minimum atomic E-state index is 0.192. The van der Waals surface area contributed by atoms with Gasteiger partial charge in [-0.2, -0.15) is 4.98 Å². The van der Waals surface area contributed by atoms with E-state index in [1.807, 2.05) is 18.2 Å². The Kier molecular flexibility index (Phi) is 4.95. The van der Waals surface area contributed by atoms with Gasteiger partial charge in [-0.3, -0.25) is 0 Å². The fourth-order valence-corrected chi connectivity index (χ4v) is 1.94. The van der Waals surface area contributed by atoms with E-state index in [1.165, 1.54) is 6.33 Å². The molecule has 0 saturated heterocycles. The van der Waals surface area contributed by atoms with E-state index in [1.54, 1.807) is 14.2 Å². The first-order valence-corrected chi connectivity index (χ1v) is 6.45. The summed E-state index contributed by atoms with van der Waals surface area (Å²) in [7, 11) is 3.26. The summed E-state index contributed by atoms with van der Waals surface area (Å²) in [5, 5.41) is 6.98. The van der Waals surface area contributed by atoms with Crippen molar-refractivity contribution in [1.29, 1.82) is 0 Å². The number of aromatic nitrogens is 2. The Labute approximate surface area is 118 Å². The van der Waals surface area contributed by atoms with Crippen LogP contribution in [0.15, 0.2) is 29.0 Å². The van der Waals surface area contributed by atoms with Gasteiger partial charge in [-0.25, -0.2) is 0 Å². The number of rotatable bonds is 7. The van der Waals surface area contributed by atoms with Crippen molar-refractivity contribution in [2.45, 2.75) is 19.4 Å². The Balaban J connectivity index is 1.93. The first-order chi connectivity index (χ1) is 9.74. The highest BCUT2D eigenvalue weighted by molar-refractivity contribution is 5.43. The van der Waals surface area contributed by atoms with Gasteiger partial charge in [0.25, 0.3) is 0 Å². The Morgan fingerprint density at radius 1 is 1.25 bits per heavy atom. The molecule has 0 fully saturated rings. The van der Waals surface area contributed by atoms with Gasteiger partial charge in [-0.1, -0.05) is 11.2 Å². The van der Waals surface area contributed by atoms with Gasteiger partial charge in [0.15, 0.2) is 17.8 Å². The van der Waals surface area contributed by atoms with Crippen LogP contribution in [-0.4, -0.2) is 30.9 Å². The van der Waals surface area contributed by atoms with Crippen LogP contribution in [0.4, 0.5) is 0 Å². The Hall–Kier alpha value is -2.08. The van der Waals surface area contributed by atoms with Crippen molar-refractivity contribution in [3.8, 4) is 11.5 Å². The summed E-state index contributed by atoms with van der Waals surface area (Å²) >= 11 is 0. The van der Waals surface area contributed by atoms with Gasteiger partial charge < -0.3 is 19.3 Å². The summed E-state index contributed by atoms with van der Waals surface area (Å²) in [5.41, 5.74) is 1.13. The highest BCUT2D eigenvalue weighted by Gasteiger charge is 2.10. The van der Waals surface area contributed by atoms with Crippen molar-refractivity contribution in [3.63, 3.8) is 0 Å². The molecule has 0 bridgehead atoms. The smallest absolute Gasteiger partial charge is 0.227 e. The molecule has 6 heteroatoms. The average Bonchev–Trinajstić information content (AvgIpc) is 2.99. The van der Waals surface area contributed by atoms with E-state index in [0.717, 1.165) is 23.6 Å². The monoisotopic (exact) mass is 277 g/mol. The van der Waals surface area contributed by atoms with Crippen LogP contribution in [0.2, 0.25) is 0 Å². The minimum absolute atomic E-state index is 0.192. The van der Waals surface area contributed by atoms with Crippen LogP contribution in [0.5, 0.6) is 11.5 Å². The van der Waals surface area contributed by atoms with Crippen molar-refractivity contribution in [3.05, 3.63) is 36.0 Å². The molecule has 108 valence electrons. The van der Waals surface area contributed by atoms with E-state index in [0.29, 0.717) is 12.3 Å². The van der Waals surface area contributed by atoms with Crippen molar-refractivity contribution in [1.82, 2.24) is 15.5 Å². The second-order valence-electron chi connectivity index (χ2n) is 4.38. The number of ether oxygens (including phenoxy) is 2. The lowest BCUT2D eigenvalue weighted by atomic mass is 10.1. The zero-order chi connectivity index (χ0) is 14.4. The summed E-state index contributed by atoms with van der Waals surface area (Å²) < 4.78 is 15.5. The predicted octanol–water partition coefficient (Wildman–Crippen LogP) is 1.98. The van der Waals surface area contributed by atoms with E-state index in [-0.39, 0.29) is 6.04 Å². The first kappa shape index (κ1) is 14.3. The maximum atomic E-state index is 5.30. The first-order valence-electron chi connectivity index (χ1n) is 6.45. The van der Waals surface area contributed by atoms with Gasteiger partial charge in [-0.05, 0) is 24.6 Å². The summed E-state index contributed by atoms with van der Waals surface area (Å²) in [6.45, 7) is 2.85. The van der Waals surface area contributed by atoms with Crippen LogP contribution in [0.25, 0.3) is 0 Å². The summed E-state index contributed by atoms with van der Waals surface area (Å²) in [6.07, 6.45) is 2.12. The molecule has 0 aliphatic heterocycles. The Morgan fingerprint density at radius 3 is 2.70 bits per heavy atom. The molecule has 1 aromatic heterocycles. The number of methoxy groups -OCH3 is 2. The van der Waals surface area contributed by atoms with E-state index < -0.39 is 0 Å². The van der Waals surface area contributed by atoms with Gasteiger partial charge in [0.05, 0.1) is 14.2 Å². The molecule has 0 radical (unpaired) electrons. The summed E-state index contributed by atoms with van der Waals surface area (Å²) in [4.78, 5) is 3.98. The number of nitrogens with one attached hydrogen (secondary N) is 1. The molecule has 2 aromatic rings. The SMILES string of the molecule is COc1ccc(C(C)NCCc2ncno2)cc1OC. The fourth-order valence-electron chi connectivity index (χ4n) is 1.94. The van der Waals surface area contributed by atoms with Gasteiger partial charge in [-0.15, -0.1) is 0 Å². The predicted molar refractivity (Wildman–Crippen MR) is 74.0 cm³/mol.